The largest absolute Gasteiger partial charge is 0.485 e. The number of rotatable bonds is 5. The van der Waals surface area contributed by atoms with Gasteiger partial charge in [-0.15, -0.1) is 0 Å². The molecule has 166 valence electrons. The molecule has 1 fully saturated rings. The summed E-state index contributed by atoms with van der Waals surface area (Å²) in [4.78, 5) is 15.6. The van der Waals surface area contributed by atoms with Gasteiger partial charge in [0.2, 0.25) is 21.8 Å². The van der Waals surface area contributed by atoms with Gasteiger partial charge in [-0.25, -0.2) is 13.4 Å². The number of sulfonamides is 1. The monoisotopic (exact) mass is 463 g/mol. The fourth-order valence-corrected chi connectivity index (χ4v) is 5.19. The number of benzene rings is 2. The second kappa shape index (κ2) is 8.11. The third-order valence-corrected chi connectivity index (χ3v) is 7.05. The summed E-state index contributed by atoms with van der Waals surface area (Å²) in [6, 6.07) is 17.3. The van der Waals surface area contributed by atoms with E-state index in [0.717, 1.165) is 5.56 Å². The Balaban J connectivity index is 1.31. The topological polar surface area (TPSA) is 128 Å². The number of aromatic nitrogens is 1. The molecule has 33 heavy (non-hydrogen) atoms. The van der Waals surface area contributed by atoms with Crippen molar-refractivity contribution in [1.29, 1.82) is 5.26 Å². The SMILES string of the molecule is N#Cc1ccc(Oc2cccc3c2OC[C@H]3Oc2ccc(C3CC(=O)NS3(=O)=O)cc2)nc1. The molecule has 10 heteroatoms. The molecule has 1 unspecified atom stereocenters. The molecule has 0 aliphatic carbocycles. The molecule has 2 aliphatic rings. The van der Waals surface area contributed by atoms with Crippen LogP contribution in [0.3, 0.4) is 0 Å². The van der Waals surface area contributed by atoms with Crippen LogP contribution in [-0.2, 0) is 14.8 Å². The first-order chi connectivity index (χ1) is 15.9. The van der Waals surface area contributed by atoms with E-state index in [9.17, 15) is 13.2 Å². The minimum atomic E-state index is -3.69. The highest BCUT2D eigenvalue weighted by molar-refractivity contribution is 7.90. The molecule has 0 bridgehead atoms. The number of pyridine rings is 1. The summed E-state index contributed by atoms with van der Waals surface area (Å²) in [5, 5.41) is 7.99. The van der Waals surface area contributed by atoms with Crippen LogP contribution in [0.15, 0.2) is 60.8 Å². The first-order valence-electron chi connectivity index (χ1n) is 10.0. The van der Waals surface area contributed by atoms with Gasteiger partial charge >= 0.3 is 0 Å². The number of carbonyl (C=O) groups excluding carboxylic acids is 1. The third kappa shape index (κ3) is 4.06. The van der Waals surface area contributed by atoms with Gasteiger partial charge in [0.05, 0.1) is 12.0 Å². The lowest BCUT2D eigenvalue weighted by Crippen LogP contribution is -2.21. The van der Waals surface area contributed by atoms with E-state index in [1.54, 1.807) is 42.5 Å². The average molecular weight is 463 g/mol. The van der Waals surface area contributed by atoms with E-state index >= 15 is 0 Å². The number of fused-ring (bicyclic) bond motifs is 1. The molecule has 9 nitrogen and oxygen atoms in total. The van der Waals surface area contributed by atoms with Crippen molar-refractivity contribution in [2.45, 2.75) is 17.8 Å². The number of nitriles is 1. The first-order valence-corrected chi connectivity index (χ1v) is 11.6. The zero-order valence-corrected chi connectivity index (χ0v) is 17.9. The molecule has 3 heterocycles. The van der Waals surface area contributed by atoms with E-state index in [2.05, 4.69) is 4.98 Å². The molecular weight excluding hydrogens is 446 g/mol. The summed E-state index contributed by atoms with van der Waals surface area (Å²) < 4.78 is 43.8. The zero-order chi connectivity index (χ0) is 23.0. The summed E-state index contributed by atoms with van der Waals surface area (Å²) in [6.07, 6.45) is 0.947. The zero-order valence-electron chi connectivity index (χ0n) is 17.1. The van der Waals surface area contributed by atoms with Crippen molar-refractivity contribution < 1.29 is 27.4 Å². The van der Waals surface area contributed by atoms with Crippen LogP contribution in [0.2, 0.25) is 0 Å². The maximum Gasteiger partial charge on any atom is 0.242 e. The predicted octanol–water partition coefficient (Wildman–Crippen LogP) is 3.15. The maximum absolute atomic E-state index is 12.1. The fraction of sp³-hybridized carbons (Fsp3) is 0.174. The molecule has 2 aliphatic heterocycles. The van der Waals surface area contributed by atoms with Gasteiger partial charge in [-0.3, -0.25) is 9.52 Å². The minimum absolute atomic E-state index is 0.0940. The second-order valence-corrected chi connectivity index (χ2v) is 9.39. The minimum Gasteiger partial charge on any atom is -0.485 e. The molecule has 5 rings (SSSR count). The van der Waals surface area contributed by atoms with Crippen LogP contribution >= 0.6 is 0 Å². The Hall–Kier alpha value is -4.10. The molecular formula is C23H17N3O6S. The van der Waals surface area contributed by atoms with Crippen molar-refractivity contribution in [3.8, 4) is 29.2 Å². The molecule has 1 N–H and O–H groups in total. The molecule has 2 aromatic carbocycles. The third-order valence-electron chi connectivity index (χ3n) is 5.35. The number of hydrogen-bond donors (Lipinski definition) is 1. The van der Waals surface area contributed by atoms with Gasteiger partial charge in [0, 0.05) is 17.8 Å². The molecule has 0 spiro atoms. The van der Waals surface area contributed by atoms with E-state index in [-0.39, 0.29) is 19.1 Å². The number of para-hydroxylation sites is 1. The van der Waals surface area contributed by atoms with E-state index in [0.29, 0.717) is 34.3 Å². The van der Waals surface area contributed by atoms with Gasteiger partial charge in [0.15, 0.2) is 17.6 Å². The smallest absolute Gasteiger partial charge is 0.242 e. The molecule has 0 saturated carbocycles. The number of amides is 1. The van der Waals surface area contributed by atoms with Crippen LogP contribution < -0.4 is 18.9 Å². The highest BCUT2D eigenvalue weighted by Gasteiger charge is 2.37. The van der Waals surface area contributed by atoms with Crippen LogP contribution in [0.5, 0.6) is 23.1 Å². The van der Waals surface area contributed by atoms with Gasteiger partial charge in [0.25, 0.3) is 0 Å². The molecule has 1 saturated heterocycles. The van der Waals surface area contributed by atoms with E-state index in [1.165, 1.54) is 6.20 Å². The summed E-state index contributed by atoms with van der Waals surface area (Å²) >= 11 is 0. The van der Waals surface area contributed by atoms with Crippen molar-refractivity contribution in [2.75, 3.05) is 6.61 Å². The van der Waals surface area contributed by atoms with Gasteiger partial charge in [-0.1, -0.05) is 24.3 Å². The summed E-state index contributed by atoms with van der Waals surface area (Å²) in [5.41, 5.74) is 1.76. The first kappa shape index (κ1) is 20.8. The Morgan fingerprint density at radius 2 is 1.94 bits per heavy atom. The Kier molecular flexibility index (Phi) is 5.11. The van der Waals surface area contributed by atoms with Gasteiger partial charge in [-0.05, 0) is 29.8 Å². The van der Waals surface area contributed by atoms with E-state index in [4.69, 9.17) is 19.5 Å². The average Bonchev–Trinajstić information content (AvgIpc) is 3.34. The molecule has 1 aromatic heterocycles. The van der Waals surface area contributed by atoms with Crippen molar-refractivity contribution in [3.63, 3.8) is 0 Å². The predicted molar refractivity (Wildman–Crippen MR) is 115 cm³/mol. The van der Waals surface area contributed by atoms with Crippen LogP contribution in [0.1, 0.15) is 34.5 Å². The highest BCUT2D eigenvalue weighted by atomic mass is 32.2. The Bertz CT molecular complexity index is 1360. The van der Waals surface area contributed by atoms with E-state index in [1.807, 2.05) is 22.9 Å². The second-order valence-electron chi connectivity index (χ2n) is 7.52. The van der Waals surface area contributed by atoms with Gasteiger partial charge < -0.3 is 14.2 Å². The standard InChI is InChI=1S/C23H17N3O6S/c24-11-14-4-9-22(25-12-14)32-18-3-1-2-17-19(13-30-23(17)18)31-16-7-5-15(6-8-16)20-10-21(27)26-33(20,28)29/h1-9,12,19-20H,10,13H2,(H,26,27)/t19-,20?/m1/s1. The molecule has 1 amide bonds. The van der Waals surface area contributed by atoms with Crippen molar-refractivity contribution in [3.05, 3.63) is 77.5 Å². The lowest BCUT2D eigenvalue weighted by atomic mass is 10.1. The maximum atomic E-state index is 12.1. The normalized spacial score (nSPS) is 20.3. The van der Waals surface area contributed by atoms with Crippen molar-refractivity contribution in [2.24, 2.45) is 0 Å². The fourth-order valence-electron chi connectivity index (χ4n) is 3.76. The number of nitrogens with one attached hydrogen (secondary N) is 1. The van der Waals surface area contributed by atoms with Crippen LogP contribution in [0.25, 0.3) is 0 Å². The summed E-state index contributed by atoms with van der Waals surface area (Å²) in [6.45, 7) is 0.272. The molecule has 3 aromatic rings. The Morgan fingerprint density at radius 1 is 1.12 bits per heavy atom. The molecule has 0 radical (unpaired) electrons. The quantitative estimate of drug-likeness (QED) is 0.611. The van der Waals surface area contributed by atoms with Gasteiger partial charge in [0.1, 0.15) is 23.7 Å². The van der Waals surface area contributed by atoms with Crippen LogP contribution in [0, 0.1) is 11.3 Å². The lowest BCUT2D eigenvalue weighted by Gasteiger charge is -2.14. The number of ether oxygens (including phenoxy) is 3. The van der Waals surface area contributed by atoms with Crippen molar-refractivity contribution in [1.82, 2.24) is 9.71 Å². The summed E-state index contributed by atoms with van der Waals surface area (Å²) in [7, 11) is -3.69. The Morgan fingerprint density at radius 3 is 2.61 bits per heavy atom. The molecule has 2 atom stereocenters. The van der Waals surface area contributed by atoms with Crippen LogP contribution in [-0.4, -0.2) is 25.9 Å². The number of nitrogens with zero attached hydrogens (tertiary/aromatic N) is 2. The highest BCUT2D eigenvalue weighted by Crippen LogP contribution is 2.43. The number of hydrogen-bond acceptors (Lipinski definition) is 8. The van der Waals surface area contributed by atoms with Crippen molar-refractivity contribution >= 4 is 15.9 Å². The van der Waals surface area contributed by atoms with E-state index < -0.39 is 21.2 Å². The lowest BCUT2D eigenvalue weighted by molar-refractivity contribution is -0.118. The Labute approximate surface area is 189 Å². The number of carbonyl (C=O) groups is 1. The summed E-state index contributed by atoms with van der Waals surface area (Å²) in [5.74, 6) is 1.40. The van der Waals surface area contributed by atoms with Gasteiger partial charge in [-0.2, -0.15) is 5.26 Å². The van der Waals surface area contributed by atoms with Crippen LogP contribution in [0.4, 0.5) is 0 Å².